The smallest absolute Gasteiger partial charge is 0.274 e. The number of thiophene rings is 1. The summed E-state index contributed by atoms with van der Waals surface area (Å²) in [6, 6.07) is 9.32. The number of carbonyl (C=O) groups excluding carboxylic acids is 2. The molecule has 0 aliphatic carbocycles. The van der Waals surface area contributed by atoms with E-state index in [1.807, 2.05) is 4.72 Å². The van der Waals surface area contributed by atoms with Crippen molar-refractivity contribution in [3.8, 4) is 5.75 Å². The summed E-state index contributed by atoms with van der Waals surface area (Å²) in [5.41, 5.74) is 0.446. The molecule has 6 nitrogen and oxygen atoms in total. The molecule has 0 radical (unpaired) electrons. The summed E-state index contributed by atoms with van der Waals surface area (Å²) in [6.07, 6.45) is -1.04. The monoisotopic (exact) mass is 353 g/mol. The molecule has 0 saturated carbocycles. The zero-order valence-electron chi connectivity index (χ0n) is 12.5. The molecule has 1 N–H and O–H groups in total. The van der Waals surface area contributed by atoms with Crippen molar-refractivity contribution >= 4 is 33.1 Å². The van der Waals surface area contributed by atoms with Crippen LogP contribution in [-0.2, 0) is 14.8 Å². The van der Waals surface area contributed by atoms with Gasteiger partial charge in [-0.3, -0.25) is 9.59 Å². The lowest BCUT2D eigenvalue weighted by Gasteiger charge is -2.14. The van der Waals surface area contributed by atoms with Crippen LogP contribution in [0.5, 0.6) is 5.75 Å². The van der Waals surface area contributed by atoms with E-state index in [0.29, 0.717) is 11.3 Å². The van der Waals surface area contributed by atoms with Crippen molar-refractivity contribution in [2.24, 2.45) is 0 Å². The number of hydrogen-bond donors (Lipinski definition) is 1. The van der Waals surface area contributed by atoms with Crippen LogP contribution in [0.25, 0.3) is 0 Å². The summed E-state index contributed by atoms with van der Waals surface area (Å²) in [5, 5.41) is 1.60. The van der Waals surface area contributed by atoms with Crippen LogP contribution in [0.1, 0.15) is 24.2 Å². The van der Waals surface area contributed by atoms with Gasteiger partial charge in [-0.05, 0) is 37.4 Å². The fourth-order valence-corrected chi connectivity index (χ4v) is 3.76. The third-order valence-electron chi connectivity index (χ3n) is 2.92. The molecule has 1 aromatic carbocycles. The maximum absolute atomic E-state index is 12.0. The molecule has 23 heavy (non-hydrogen) atoms. The van der Waals surface area contributed by atoms with Crippen molar-refractivity contribution in [3.63, 3.8) is 0 Å². The van der Waals surface area contributed by atoms with Crippen LogP contribution < -0.4 is 9.46 Å². The van der Waals surface area contributed by atoms with Crippen molar-refractivity contribution in [2.75, 3.05) is 0 Å². The maximum atomic E-state index is 12.0. The molecule has 1 unspecified atom stereocenters. The average Bonchev–Trinajstić information content (AvgIpc) is 3.02. The van der Waals surface area contributed by atoms with Gasteiger partial charge in [0.1, 0.15) is 9.96 Å². The van der Waals surface area contributed by atoms with Crippen LogP contribution in [0.4, 0.5) is 0 Å². The highest BCUT2D eigenvalue weighted by atomic mass is 32.2. The summed E-state index contributed by atoms with van der Waals surface area (Å²) >= 11 is 1.01. The Hall–Kier alpha value is -2.19. The molecule has 1 heterocycles. The largest absolute Gasteiger partial charge is 0.481 e. The third kappa shape index (κ3) is 4.40. The number of nitrogens with one attached hydrogen (secondary N) is 1. The highest BCUT2D eigenvalue weighted by Crippen LogP contribution is 2.17. The molecule has 1 amide bonds. The first kappa shape index (κ1) is 17.2. The first-order chi connectivity index (χ1) is 10.8. The van der Waals surface area contributed by atoms with Crippen LogP contribution in [0.3, 0.4) is 0 Å². The molecule has 0 aliphatic heterocycles. The van der Waals surface area contributed by atoms with Gasteiger partial charge in [0.2, 0.25) is 0 Å². The van der Waals surface area contributed by atoms with Crippen LogP contribution in [-0.4, -0.2) is 26.2 Å². The number of sulfonamides is 1. The van der Waals surface area contributed by atoms with E-state index in [2.05, 4.69) is 0 Å². The SMILES string of the molecule is CC(=O)c1cccc(OC(C)C(=O)NS(=O)(=O)c2cccs2)c1. The molecule has 0 saturated heterocycles. The van der Waals surface area contributed by atoms with Crippen LogP contribution in [0, 0.1) is 0 Å². The minimum Gasteiger partial charge on any atom is -0.481 e. The highest BCUT2D eigenvalue weighted by Gasteiger charge is 2.23. The zero-order chi connectivity index (χ0) is 17.0. The van der Waals surface area contributed by atoms with E-state index in [4.69, 9.17) is 4.74 Å². The first-order valence-electron chi connectivity index (χ1n) is 6.67. The molecule has 0 fully saturated rings. The second kappa shape index (κ2) is 6.93. The van der Waals surface area contributed by atoms with Gasteiger partial charge in [-0.2, -0.15) is 0 Å². The average molecular weight is 353 g/mol. The van der Waals surface area contributed by atoms with Crippen molar-refractivity contribution < 1.29 is 22.7 Å². The number of ketones is 1. The van der Waals surface area contributed by atoms with E-state index >= 15 is 0 Å². The Morgan fingerprint density at radius 3 is 2.57 bits per heavy atom. The van der Waals surface area contributed by atoms with Gasteiger partial charge in [-0.15, -0.1) is 11.3 Å². The maximum Gasteiger partial charge on any atom is 0.274 e. The minimum atomic E-state index is -3.89. The molecule has 8 heteroatoms. The van der Waals surface area contributed by atoms with Crippen LogP contribution >= 0.6 is 11.3 Å². The predicted molar refractivity (Wildman–Crippen MR) is 86.2 cm³/mol. The predicted octanol–water partition coefficient (Wildman–Crippen LogP) is 2.22. The standard InChI is InChI=1S/C15H15NO5S2/c1-10(17)12-5-3-6-13(9-12)21-11(2)15(18)16-23(19,20)14-7-4-8-22-14/h3-9,11H,1-2H3,(H,16,18). The summed E-state index contributed by atoms with van der Waals surface area (Å²) in [6.45, 7) is 2.85. The number of ether oxygens (including phenoxy) is 1. The Morgan fingerprint density at radius 1 is 1.22 bits per heavy atom. The van der Waals surface area contributed by atoms with Gasteiger partial charge in [-0.1, -0.05) is 18.2 Å². The Morgan fingerprint density at radius 2 is 1.96 bits per heavy atom. The van der Waals surface area contributed by atoms with Gasteiger partial charge in [0.25, 0.3) is 15.9 Å². The summed E-state index contributed by atoms with van der Waals surface area (Å²) in [4.78, 5) is 23.3. The van der Waals surface area contributed by atoms with E-state index in [1.54, 1.807) is 29.6 Å². The topological polar surface area (TPSA) is 89.5 Å². The Bertz CT molecular complexity index is 812. The molecule has 122 valence electrons. The fraction of sp³-hybridized carbons (Fsp3) is 0.200. The van der Waals surface area contributed by atoms with Crippen LogP contribution in [0.2, 0.25) is 0 Å². The highest BCUT2D eigenvalue weighted by molar-refractivity contribution is 7.92. The number of hydrogen-bond acceptors (Lipinski definition) is 6. The van der Waals surface area contributed by atoms with Crippen molar-refractivity contribution in [1.82, 2.24) is 4.72 Å². The minimum absolute atomic E-state index is 0.0524. The number of rotatable bonds is 6. The zero-order valence-corrected chi connectivity index (χ0v) is 14.1. The van der Waals surface area contributed by atoms with Gasteiger partial charge >= 0.3 is 0 Å². The Kier molecular flexibility index (Phi) is 5.17. The lowest BCUT2D eigenvalue weighted by atomic mass is 10.1. The van der Waals surface area contributed by atoms with Gasteiger partial charge in [0, 0.05) is 5.56 Å². The number of Topliss-reactive ketones (excluding diaryl/α,β-unsaturated/α-hetero) is 1. The van der Waals surface area contributed by atoms with E-state index < -0.39 is 22.0 Å². The van der Waals surface area contributed by atoms with E-state index in [0.717, 1.165) is 11.3 Å². The molecule has 0 aliphatic rings. The Balaban J connectivity index is 2.06. The number of benzene rings is 1. The molecule has 2 rings (SSSR count). The molecule has 1 atom stereocenters. The molecular weight excluding hydrogens is 338 g/mol. The van der Waals surface area contributed by atoms with E-state index in [1.165, 1.54) is 26.0 Å². The molecule has 0 bridgehead atoms. The lowest BCUT2D eigenvalue weighted by molar-refractivity contribution is -0.125. The second-order valence-electron chi connectivity index (χ2n) is 4.75. The molecule has 0 spiro atoms. The van der Waals surface area contributed by atoms with E-state index in [9.17, 15) is 18.0 Å². The fourth-order valence-electron chi connectivity index (χ4n) is 1.73. The van der Waals surface area contributed by atoms with Crippen molar-refractivity contribution in [1.29, 1.82) is 0 Å². The lowest BCUT2D eigenvalue weighted by Crippen LogP contribution is -2.39. The normalized spacial score (nSPS) is 12.4. The quantitative estimate of drug-likeness (QED) is 0.804. The Labute approximate surface area is 138 Å². The van der Waals surface area contributed by atoms with Crippen molar-refractivity contribution in [2.45, 2.75) is 24.2 Å². The van der Waals surface area contributed by atoms with E-state index in [-0.39, 0.29) is 9.99 Å². The number of amides is 1. The van der Waals surface area contributed by atoms with Gasteiger partial charge in [0.15, 0.2) is 11.9 Å². The molecular formula is C15H15NO5S2. The summed E-state index contributed by atoms with van der Waals surface area (Å²) < 4.78 is 31.4. The van der Waals surface area contributed by atoms with Crippen LogP contribution in [0.15, 0.2) is 46.0 Å². The van der Waals surface area contributed by atoms with Gasteiger partial charge in [-0.25, -0.2) is 13.1 Å². The third-order valence-corrected chi connectivity index (χ3v) is 5.66. The van der Waals surface area contributed by atoms with Gasteiger partial charge < -0.3 is 4.74 Å². The van der Waals surface area contributed by atoms with Gasteiger partial charge in [0.05, 0.1) is 0 Å². The number of carbonyl (C=O) groups is 2. The first-order valence-corrected chi connectivity index (χ1v) is 9.04. The molecule has 1 aromatic heterocycles. The summed E-state index contributed by atoms with van der Waals surface area (Å²) in [7, 11) is -3.89. The second-order valence-corrected chi connectivity index (χ2v) is 7.60. The summed E-state index contributed by atoms with van der Waals surface area (Å²) in [5.74, 6) is -0.603. The van der Waals surface area contributed by atoms with Crippen molar-refractivity contribution in [3.05, 3.63) is 47.3 Å². The molecule has 2 aromatic rings.